The van der Waals surface area contributed by atoms with Crippen LogP contribution in [0.2, 0.25) is 5.02 Å². The number of nitro benzene ring substituents is 1. The van der Waals surface area contributed by atoms with E-state index in [1.807, 2.05) is 17.8 Å². The highest BCUT2D eigenvalue weighted by atomic mass is 35.5. The Morgan fingerprint density at radius 2 is 2.12 bits per heavy atom. The second-order valence-corrected chi connectivity index (χ2v) is 8.17. The fraction of sp³-hybridized carbons (Fsp3) is 0.529. The van der Waals surface area contributed by atoms with Gasteiger partial charge in [0.05, 0.1) is 4.92 Å². The van der Waals surface area contributed by atoms with Crippen LogP contribution in [-0.4, -0.2) is 21.9 Å². The molecular weight excluding hydrogens is 346 g/mol. The normalized spacial score (nSPS) is 27.2. The molecule has 3 aliphatic rings. The summed E-state index contributed by atoms with van der Waals surface area (Å²) in [5.41, 5.74) is 2.68. The fourth-order valence-corrected chi connectivity index (χ4v) is 5.54. The minimum Gasteiger partial charge on any atom is -0.364 e. The first-order valence-corrected chi connectivity index (χ1v) is 9.74. The van der Waals surface area contributed by atoms with Gasteiger partial charge in [0.2, 0.25) is 0 Å². The molecule has 1 N–H and O–H groups in total. The number of hydrogen-bond acceptors (Lipinski definition) is 5. The summed E-state index contributed by atoms with van der Waals surface area (Å²) in [7, 11) is 0. The van der Waals surface area contributed by atoms with Crippen LogP contribution in [0.5, 0.6) is 0 Å². The highest BCUT2D eigenvalue weighted by Gasteiger charge is 2.37. The average Bonchev–Trinajstić information content (AvgIpc) is 3.21. The van der Waals surface area contributed by atoms with Crippen LogP contribution in [0.15, 0.2) is 28.8 Å². The summed E-state index contributed by atoms with van der Waals surface area (Å²) in [5, 5.41) is 15.1. The summed E-state index contributed by atoms with van der Waals surface area (Å²) in [5.74, 6) is 0. The van der Waals surface area contributed by atoms with Crippen molar-refractivity contribution < 1.29 is 4.92 Å². The van der Waals surface area contributed by atoms with Crippen molar-refractivity contribution >= 4 is 29.1 Å². The lowest BCUT2D eigenvalue weighted by Gasteiger charge is -2.31. The van der Waals surface area contributed by atoms with E-state index in [0.29, 0.717) is 0 Å². The van der Waals surface area contributed by atoms with E-state index >= 15 is 0 Å². The Morgan fingerprint density at radius 1 is 1.29 bits per heavy atom. The van der Waals surface area contributed by atoms with Crippen LogP contribution in [0, 0.1) is 10.1 Å². The van der Waals surface area contributed by atoms with Crippen LogP contribution in [0.25, 0.3) is 0 Å². The predicted molar refractivity (Wildman–Crippen MR) is 96.8 cm³/mol. The van der Waals surface area contributed by atoms with Gasteiger partial charge < -0.3 is 5.32 Å². The minimum atomic E-state index is -0.395. The Balaban J connectivity index is 1.56. The molecule has 0 bridgehead atoms. The molecule has 0 amide bonds. The van der Waals surface area contributed by atoms with Gasteiger partial charge in [-0.25, -0.2) is 0 Å². The summed E-state index contributed by atoms with van der Waals surface area (Å²) >= 11 is 7.90. The van der Waals surface area contributed by atoms with E-state index in [1.54, 1.807) is 12.1 Å². The maximum absolute atomic E-state index is 11.2. The molecule has 1 aliphatic carbocycles. The second-order valence-electron chi connectivity index (χ2n) is 6.59. The van der Waals surface area contributed by atoms with Crippen LogP contribution in [0.3, 0.4) is 0 Å². The van der Waals surface area contributed by atoms with Crippen molar-refractivity contribution in [2.75, 3.05) is 6.54 Å². The summed E-state index contributed by atoms with van der Waals surface area (Å²) in [4.78, 5) is 14.8. The van der Waals surface area contributed by atoms with E-state index in [1.165, 1.54) is 29.9 Å². The summed E-state index contributed by atoms with van der Waals surface area (Å²) in [6.45, 7) is 1.02. The molecule has 1 saturated heterocycles. The highest BCUT2D eigenvalue weighted by molar-refractivity contribution is 8.03. The van der Waals surface area contributed by atoms with Crippen LogP contribution < -0.4 is 5.32 Å². The maximum atomic E-state index is 11.2. The smallest absolute Gasteiger partial charge is 0.288 e. The third-order valence-corrected chi connectivity index (χ3v) is 6.78. The largest absolute Gasteiger partial charge is 0.364 e. The molecule has 2 heterocycles. The van der Waals surface area contributed by atoms with Gasteiger partial charge in [-0.1, -0.05) is 29.4 Å². The van der Waals surface area contributed by atoms with Crippen molar-refractivity contribution in [2.24, 2.45) is 0 Å². The number of hydrogen-bond donors (Lipinski definition) is 1. The van der Waals surface area contributed by atoms with Crippen molar-refractivity contribution in [2.45, 2.75) is 50.1 Å². The lowest BCUT2D eigenvalue weighted by molar-refractivity contribution is -0.384. The third kappa shape index (κ3) is 2.91. The molecule has 4 rings (SSSR count). The number of likely N-dealkylation sites (tertiary alicyclic amines) is 1. The molecule has 0 radical (unpaired) electrons. The first-order chi connectivity index (χ1) is 11.6. The van der Waals surface area contributed by atoms with Gasteiger partial charge in [-0.05, 0) is 50.2 Å². The van der Waals surface area contributed by atoms with Gasteiger partial charge in [0.25, 0.3) is 5.69 Å². The number of nitro groups is 1. The van der Waals surface area contributed by atoms with Gasteiger partial charge in [-0.15, -0.1) is 0 Å². The molecule has 24 heavy (non-hydrogen) atoms. The lowest BCUT2D eigenvalue weighted by atomic mass is 10.0. The first kappa shape index (κ1) is 16.2. The monoisotopic (exact) mass is 365 g/mol. The fourth-order valence-electron chi connectivity index (χ4n) is 3.93. The molecule has 2 atom stereocenters. The van der Waals surface area contributed by atoms with Crippen molar-refractivity contribution in [3.8, 4) is 0 Å². The van der Waals surface area contributed by atoms with E-state index in [4.69, 9.17) is 11.6 Å². The van der Waals surface area contributed by atoms with Gasteiger partial charge in [0, 0.05) is 29.3 Å². The molecule has 1 fully saturated rings. The zero-order valence-corrected chi connectivity index (χ0v) is 14.9. The number of thioether (sulfide) groups is 1. The van der Waals surface area contributed by atoms with Gasteiger partial charge in [-0.3, -0.25) is 15.0 Å². The molecule has 128 valence electrons. The van der Waals surface area contributed by atoms with E-state index in [-0.39, 0.29) is 22.2 Å². The van der Waals surface area contributed by atoms with Crippen molar-refractivity contribution in [3.63, 3.8) is 0 Å². The Bertz CT molecular complexity index is 691. The highest BCUT2D eigenvalue weighted by Crippen LogP contribution is 2.45. The molecule has 7 heteroatoms. The molecule has 0 aromatic heterocycles. The molecular formula is C17H20ClN3O2S. The van der Waals surface area contributed by atoms with E-state index in [9.17, 15) is 10.1 Å². The van der Waals surface area contributed by atoms with Gasteiger partial charge in [-0.2, -0.15) is 0 Å². The first-order valence-electron chi connectivity index (χ1n) is 8.48. The number of nitrogens with zero attached hydrogens (tertiary/aromatic N) is 2. The molecule has 1 aromatic carbocycles. The van der Waals surface area contributed by atoms with Crippen molar-refractivity contribution in [1.82, 2.24) is 10.2 Å². The Kier molecular flexibility index (Phi) is 4.45. The van der Waals surface area contributed by atoms with Crippen LogP contribution in [-0.2, 0) is 0 Å². The minimum absolute atomic E-state index is 0.00507. The number of benzene rings is 1. The number of nitrogens with one attached hydrogen (secondary N) is 1. The van der Waals surface area contributed by atoms with Crippen molar-refractivity contribution in [1.29, 1.82) is 0 Å². The number of rotatable bonds is 3. The van der Waals surface area contributed by atoms with Gasteiger partial charge in [0.1, 0.15) is 10.5 Å². The Hall–Kier alpha value is -1.24. The lowest BCUT2D eigenvalue weighted by Crippen LogP contribution is -2.40. The number of allylic oxidation sites excluding steroid dienone is 2. The van der Waals surface area contributed by atoms with E-state index in [2.05, 4.69) is 10.2 Å². The molecule has 1 unspecified atom stereocenters. The summed E-state index contributed by atoms with van der Waals surface area (Å²) in [6.07, 6.45) is 7.05. The maximum Gasteiger partial charge on any atom is 0.288 e. The SMILES string of the molecule is O=[N+]([O-])c1cc([C@H]2CCCN2C2NC3=C(CCCC3)S2)ccc1Cl. The van der Waals surface area contributed by atoms with Crippen molar-refractivity contribution in [3.05, 3.63) is 49.5 Å². The van der Waals surface area contributed by atoms with Gasteiger partial charge in [0.15, 0.2) is 0 Å². The zero-order chi connectivity index (χ0) is 16.7. The van der Waals surface area contributed by atoms with E-state index in [0.717, 1.165) is 31.4 Å². The van der Waals surface area contributed by atoms with Crippen LogP contribution in [0.1, 0.15) is 50.1 Å². The molecule has 5 nitrogen and oxygen atoms in total. The summed E-state index contributed by atoms with van der Waals surface area (Å²) in [6, 6.07) is 5.46. The third-order valence-electron chi connectivity index (χ3n) is 5.12. The summed E-state index contributed by atoms with van der Waals surface area (Å²) < 4.78 is 0. The molecule has 0 saturated carbocycles. The Morgan fingerprint density at radius 3 is 2.92 bits per heavy atom. The zero-order valence-electron chi connectivity index (χ0n) is 13.3. The number of halogens is 1. The standard InChI is InChI=1S/C17H20ClN3O2S/c18-12-8-7-11(10-15(12)21(22)23)14-5-3-9-20(14)17-19-13-4-1-2-6-16(13)24-17/h7-8,10,14,17,19H,1-6,9H2/t14-,17?/m1/s1. The predicted octanol–water partition coefficient (Wildman–Crippen LogP) is 4.79. The van der Waals surface area contributed by atoms with E-state index < -0.39 is 4.92 Å². The molecule has 2 aliphatic heterocycles. The van der Waals surface area contributed by atoms with Gasteiger partial charge >= 0.3 is 0 Å². The Labute approximate surface area is 150 Å². The second kappa shape index (κ2) is 6.58. The quantitative estimate of drug-likeness (QED) is 0.616. The van der Waals surface area contributed by atoms with Crippen LogP contribution >= 0.6 is 23.4 Å². The molecule has 1 aromatic rings. The average molecular weight is 366 g/mol. The topological polar surface area (TPSA) is 58.4 Å². The molecule has 0 spiro atoms. The van der Waals surface area contributed by atoms with Crippen LogP contribution in [0.4, 0.5) is 5.69 Å².